The van der Waals surface area contributed by atoms with E-state index in [0.29, 0.717) is 24.0 Å². The Morgan fingerprint density at radius 2 is 2.12 bits per heavy atom. The molecule has 1 aliphatic heterocycles. The smallest absolute Gasteiger partial charge is 0.274 e. The van der Waals surface area contributed by atoms with Crippen molar-refractivity contribution in [3.63, 3.8) is 0 Å². The van der Waals surface area contributed by atoms with E-state index >= 15 is 0 Å². The maximum absolute atomic E-state index is 13.3. The van der Waals surface area contributed by atoms with Gasteiger partial charge in [0.15, 0.2) is 0 Å². The molecule has 0 bridgehead atoms. The van der Waals surface area contributed by atoms with Gasteiger partial charge in [0, 0.05) is 38.3 Å². The van der Waals surface area contributed by atoms with Crippen LogP contribution in [0.5, 0.6) is 5.19 Å². The molecule has 1 aromatic carbocycles. The second-order valence-electron chi connectivity index (χ2n) is 5.79. The van der Waals surface area contributed by atoms with E-state index in [1.54, 1.807) is 17.2 Å². The SMILES string of the molecule is O=C(c1cnccn1)N1CCC(Oc2nc3ccc(F)cc3s2)CC1. The van der Waals surface area contributed by atoms with Crippen molar-refractivity contribution in [3.8, 4) is 5.19 Å². The third-order valence-electron chi connectivity index (χ3n) is 4.11. The molecule has 3 heterocycles. The van der Waals surface area contributed by atoms with Crippen LogP contribution in [-0.4, -0.2) is 45.0 Å². The summed E-state index contributed by atoms with van der Waals surface area (Å²) in [6.07, 6.45) is 5.97. The Hall–Kier alpha value is -2.61. The highest BCUT2D eigenvalue weighted by Gasteiger charge is 2.26. The van der Waals surface area contributed by atoms with Crippen molar-refractivity contribution in [2.75, 3.05) is 13.1 Å². The van der Waals surface area contributed by atoms with E-state index < -0.39 is 0 Å². The molecule has 0 unspecified atom stereocenters. The zero-order valence-electron chi connectivity index (χ0n) is 13.3. The number of amides is 1. The average molecular weight is 358 g/mol. The highest BCUT2D eigenvalue weighted by molar-refractivity contribution is 7.20. The van der Waals surface area contributed by atoms with E-state index in [1.165, 1.54) is 35.9 Å². The second kappa shape index (κ2) is 6.72. The number of halogens is 1. The summed E-state index contributed by atoms with van der Waals surface area (Å²) in [4.78, 5) is 26.5. The Balaban J connectivity index is 1.37. The monoisotopic (exact) mass is 358 g/mol. The molecule has 0 aliphatic carbocycles. The van der Waals surface area contributed by atoms with E-state index in [1.807, 2.05) is 0 Å². The van der Waals surface area contributed by atoms with Gasteiger partial charge in [0.25, 0.3) is 11.1 Å². The normalized spacial score (nSPS) is 15.5. The van der Waals surface area contributed by atoms with Crippen molar-refractivity contribution >= 4 is 27.5 Å². The summed E-state index contributed by atoms with van der Waals surface area (Å²) in [5.41, 5.74) is 1.09. The van der Waals surface area contributed by atoms with Crippen molar-refractivity contribution in [1.29, 1.82) is 0 Å². The number of benzene rings is 1. The lowest BCUT2D eigenvalue weighted by Crippen LogP contribution is -2.42. The fraction of sp³-hybridized carbons (Fsp3) is 0.294. The number of nitrogens with zero attached hydrogens (tertiary/aromatic N) is 4. The number of fused-ring (bicyclic) bond motifs is 1. The zero-order valence-corrected chi connectivity index (χ0v) is 14.1. The summed E-state index contributed by atoms with van der Waals surface area (Å²) in [6.45, 7) is 1.19. The van der Waals surface area contributed by atoms with Gasteiger partial charge in [-0.15, -0.1) is 0 Å². The van der Waals surface area contributed by atoms with Gasteiger partial charge >= 0.3 is 0 Å². The summed E-state index contributed by atoms with van der Waals surface area (Å²) in [6, 6.07) is 4.50. The molecule has 4 rings (SSSR count). The fourth-order valence-electron chi connectivity index (χ4n) is 2.82. The molecule has 1 fully saturated rings. The minimum atomic E-state index is -0.279. The Morgan fingerprint density at radius 1 is 1.28 bits per heavy atom. The molecule has 0 saturated carbocycles. The predicted octanol–water partition coefficient (Wildman–Crippen LogP) is 2.91. The molecule has 2 aromatic heterocycles. The molecule has 0 spiro atoms. The molecular formula is C17H15FN4O2S. The van der Waals surface area contributed by atoms with E-state index in [2.05, 4.69) is 15.0 Å². The van der Waals surface area contributed by atoms with E-state index in [-0.39, 0.29) is 17.8 Å². The van der Waals surface area contributed by atoms with Crippen LogP contribution in [0.3, 0.4) is 0 Å². The Morgan fingerprint density at radius 3 is 2.88 bits per heavy atom. The van der Waals surface area contributed by atoms with E-state index in [9.17, 15) is 9.18 Å². The highest BCUT2D eigenvalue weighted by Crippen LogP contribution is 2.30. The summed E-state index contributed by atoms with van der Waals surface area (Å²) in [5.74, 6) is -0.388. The van der Waals surface area contributed by atoms with Crippen LogP contribution in [-0.2, 0) is 0 Å². The third-order valence-corrected chi connectivity index (χ3v) is 5.02. The lowest BCUT2D eigenvalue weighted by molar-refractivity contribution is 0.0589. The van der Waals surface area contributed by atoms with Crippen LogP contribution in [0.25, 0.3) is 10.2 Å². The average Bonchev–Trinajstić information content (AvgIpc) is 3.04. The molecular weight excluding hydrogens is 343 g/mol. The van der Waals surface area contributed by atoms with Crippen LogP contribution in [0.1, 0.15) is 23.3 Å². The Kier molecular flexibility index (Phi) is 4.27. The van der Waals surface area contributed by atoms with Crippen molar-refractivity contribution in [1.82, 2.24) is 19.9 Å². The molecule has 0 radical (unpaired) electrons. The van der Waals surface area contributed by atoms with Gasteiger partial charge in [-0.1, -0.05) is 11.3 Å². The first-order chi connectivity index (χ1) is 12.2. The number of rotatable bonds is 3. The number of hydrogen-bond donors (Lipinski definition) is 0. The summed E-state index contributed by atoms with van der Waals surface area (Å²) in [5, 5.41) is 0.541. The number of piperidine rings is 1. The van der Waals surface area contributed by atoms with Gasteiger partial charge in [0.2, 0.25) is 0 Å². The minimum Gasteiger partial charge on any atom is -0.467 e. The molecule has 3 aromatic rings. The number of thiazole rings is 1. The maximum atomic E-state index is 13.3. The van der Waals surface area contributed by atoms with Gasteiger partial charge in [-0.3, -0.25) is 9.78 Å². The van der Waals surface area contributed by atoms with Crippen molar-refractivity contribution < 1.29 is 13.9 Å². The molecule has 0 atom stereocenters. The van der Waals surface area contributed by atoms with Gasteiger partial charge in [-0.05, 0) is 18.2 Å². The maximum Gasteiger partial charge on any atom is 0.274 e. The summed E-state index contributed by atoms with van der Waals surface area (Å²) < 4.78 is 20.0. The van der Waals surface area contributed by atoms with Gasteiger partial charge in [0.05, 0.1) is 16.4 Å². The topological polar surface area (TPSA) is 68.2 Å². The number of carbonyl (C=O) groups excluding carboxylic acids is 1. The van der Waals surface area contributed by atoms with Crippen LogP contribution < -0.4 is 4.74 Å². The molecule has 0 N–H and O–H groups in total. The molecule has 25 heavy (non-hydrogen) atoms. The number of likely N-dealkylation sites (tertiary alicyclic amines) is 1. The molecule has 8 heteroatoms. The van der Waals surface area contributed by atoms with E-state index in [4.69, 9.17) is 4.74 Å². The molecule has 6 nitrogen and oxygen atoms in total. The van der Waals surface area contributed by atoms with Gasteiger partial charge in [-0.25, -0.2) is 14.4 Å². The first kappa shape index (κ1) is 15.9. The lowest BCUT2D eigenvalue weighted by atomic mass is 10.1. The first-order valence-corrected chi connectivity index (χ1v) is 8.79. The van der Waals surface area contributed by atoms with Crippen molar-refractivity contribution in [3.05, 3.63) is 48.3 Å². The molecule has 128 valence electrons. The highest BCUT2D eigenvalue weighted by atomic mass is 32.1. The van der Waals surface area contributed by atoms with E-state index in [0.717, 1.165) is 23.1 Å². The van der Waals surface area contributed by atoms with Gasteiger partial charge in [0.1, 0.15) is 17.6 Å². The van der Waals surface area contributed by atoms with Crippen LogP contribution >= 0.6 is 11.3 Å². The number of carbonyl (C=O) groups is 1. The minimum absolute atomic E-state index is 0.00341. The predicted molar refractivity (Wildman–Crippen MR) is 91.2 cm³/mol. The summed E-state index contributed by atoms with van der Waals surface area (Å²) in [7, 11) is 0. The third kappa shape index (κ3) is 3.43. The van der Waals surface area contributed by atoms with Gasteiger partial charge in [-0.2, -0.15) is 0 Å². The first-order valence-electron chi connectivity index (χ1n) is 7.97. The largest absolute Gasteiger partial charge is 0.467 e. The number of ether oxygens (including phenoxy) is 1. The van der Waals surface area contributed by atoms with Crippen LogP contribution in [0.15, 0.2) is 36.8 Å². The quantitative estimate of drug-likeness (QED) is 0.720. The summed E-state index contributed by atoms with van der Waals surface area (Å²) >= 11 is 1.34. The van der Waals surface area contributed by atoms with Gasteiger partial charge < -0.3 is 9.64 Å². The number of hydrogen-bond acceptors (Lipinski definition) is 6. The van der Waals surface area contributed by atoms with Crippen LogP contribution in [0.4, 0.5) is 4.39 Å². The van der Waals surface area contributed by atoms with Crippen molar-refractivity contribution in [2.24, 2.45) is 0 Å². The zero-order chi connectivity index (χ0) is 17.2. The number of aromatic nitrogens is 3. The van der Waals surface area contributed by atoms with Crippen LogP contribution in [0, 0.1) is 5.82 Å². The molecule has 1 saturated heterocycles. The fourth-order valence-corrected chi connectivity index (χ4v) is 3.72. The molecule has 1 amide bonds. The standard InChI is InChI=1S/C17H15FN4O2S/c18-11-1-2-13-15(9-11)25-17(21-13)24-12-3-7-22(8-4-12)16(23)14-10-19-5-6-20-14/h1-2,5-6,9-10,12H,3-4,7-8H2. The second-order valence-corrected chi connectivity index (χ2v) is 6.79. The molecule has 1 aliphatic rings. The Labute approximate surface area is 147 Å². The lowest BCUT2D eigenvalue weighted by Gasteiger charge is -2.31. The van der Waals surface area contributed by atoms with Crippen LogP contribution in [0.2, 0.25) is 0 Å². The Bertz CT molecular complexity index is 894. The van der Waals surface area contributed by atoms with Crippen molar-refractivity contribution in [2.45, 2.75) is 18.9 Å².